The number of rotatable bonds is 5. The number of aliphatic hydroxyl groups is 1. The molecule has 0 heterocycles. The molecule has 5 nitrogen and oxygen atoms in total. The van der Waals surface area contributed by atoms with E-state index >= 15 is 0 Å². The van der Waals surface area contributed by atoms with Crippen LogP contribution in [0.4, 0.5) is 0 Å². The fraction of sp³-hybridized carbons (Fsp3) is 0.231. The molecular formula is C13H13NO4. The van der Waals surface area contributed by atoms with Gasteiger partial charge < -0.3 is 9.84 Å². The summed E-state index contributed by atoms with van der Waals surface area (Å²) < 4.78 is 5.43. The molecule has 2 aromatic carbocycles. The van der Waals surface area contributed by atoms with Gasteiger partial charge >= 0.3 is 0 Å². The second-order valence-electron chi connectivity index (χ2n) is 3.96. The standard InChI is InChI=1S/C13H13NO4/c15-11(8-14(16)17)9-18-13-7-3-5-10-4-1-2-6-12(10)13/h1-7,11,15H,8-9H2. The Balaban J connectivity index is 2.10. The van der Waals surface area contributed by atoms with E-state index < -0.39 is 17.6 Å². The first kappa shape index (κ1) is 12.3. The quantitative estimate of drug-likeness (QED) is 0.646. The van der Waals surface area contributed by atoms with Gasteiger partial charge in [-0.1, -0.05) is 36.4 Å². The highest BCUT2D eigenvalue weighted by Gasteiger charge is 2.12. The van der Waals surface area contributed by atoms with Gasteiger partial charge in [-0.2, -0.15) is 0 Å². The van der Waals surface area contributed by atoms with Gasteiger partial charge in [-0.05, 0) is 11.5 Å². The SMILES string of the molecule is O=[N+]([O-])CC(O)COc1cccc2ccccc12. The predicted octanol–water partition coefficient (Wildman–Crippen LogP) is 1.86. The highest BCUT2D eigenvalue weighted by atomic mass is 16.6. The molecule has 0 saturated heterocycles. The minimum absolute atomic E-state index is 0.0883. The van der Waals surface area contributed by atoms with Gasteiger partial charge in [0.05, 0.1) is 0 Å². The van der Waals surface area contributed by atoms with Gasteiger partial charge in [-0.3, -0.25) is 10.1 Å². The van der Waals surface area contributed by atoms with E-state index in [0.29, 0.717) is 5.75 Å². The lowest BCUT2D eigenvalue weighted by atomic mass is 10.1. The Labute approximate surface area is 104 Å². The smallest absolute Gasteiger partial charge is 0.232 e. The molecule has 94 valence electrons. The number of nitrogens with zero attached hydrogens (tertiary/aromatic N) is 1. The van der Waals surface area contributed by atoms with Gasteiger partial charge in [0, 0.05) is 10.3 Å². The fourth-order valence-corrected chi connectivity index (χ4v) is 1.73. The monoisotopic (exact) mass is 247 g/mol. The first-order valence-electron chi connectivity index (χ1n) is 5.57. The first-order valence-corrected chi connectivity index (χ1v) is 5.57. The van der Waals surface area contributed by atoms with E-state index in [1.54, 1.807) is 6.07 Å². The zero-order valence-corrected chi connectivity index (χ0v) is 9.65. The lowest BCUT2D eigenvalue weighted by Gasteiger charge is -2.11. The van der Waals surface area contributed by atoms with Crippen LogP contribution >= 0.6 is 0 Å². The number of fused-ring (bicyclic) bond motifs is 1. The van der Waals surface area contributed by atoms with Crippen molar-refractivity contribution >= 4 is 10.8 Å². The van der Waals surface area contributed by atoms with Crippen molar-refractivity contribution in [3.63, 3.8) is 0 Å². The lowest BCUT2D eigenvalue weighted by Crippen LogP contribution is -2.26. The van der Waals surface area contributed by atoms with Gasteiger partial charge in [0.1, 0.15) is 12.4 Å². The molecule has 0 bridgehead atoms. The highest BCUT2D eigenvalue weighted by molar-refractivity contribution is 5.88. The molecule has 5 heteroatoms. The van der Waals surface area contributed by atoms with Crippen molar-refractivity contribution in [2.45, 2.75) is 6.10 Å². The largest absolute Gasteiger partial charge is 0.490 e. The van der Waals surface area contributed by atoms with Crippen LogP contribution in [0.5, 0.6) is 5.75 Å². The summed E-state index contributed by atoms with van der Waals surface area (Å²) in [6.07, 6.45) is -1.10. The Morgan fingerprint density at radius 2 is 1.94 bits per heavy atom. The summed E-state index contributed by atoms with van der Waals surface area (Å²) in [5.74, 6) is 0.621. The number of hydrogen-bond donors (Lipinski definition) is 1. The Morgan fingerprint density at radius 3 is 2.72 bits per heavy atom. The third kappa shape index (κ3) is 2.95. The molecule has 0 spiro atoms. The van der Waals surface area contributed by atoms with E-state index in [0.717, 1.165) is 10.8 Å². The molecule has 2 rings (SSSR count). The summed E-state index contributed by atoms with van der Waals surface area (Å²) in [7, 11) is 0. The maximum atomic E-state index is 10.2. The van der Waals surface area contributed by atoms with Gasteiger partial charge in [0.25, 0.3) is 0 Å². The molecular weight excluding hydrogens is 234 g/mol. The van der Waals surface area contributed by atoms with E-state index in [-0.39, 0.29) is 6.61 Å². The maximum absolute atomic E-state index is 10.2. The molecule has 0 aliphatic heterocycles. The van der Waals surface area contributed by atoms with Crippen LogP contribution in [0.1, 0.15) is 0 Å². The number of aliphatic hydroxyl groups excluding tert-OH is 1. The van der Waals surface area contributed by atoms with Crippen molar-refractivity contribution in [1.82, 2.24) is 0 Å². The molecule has 0 amide bonds. The number of hydrogen-bond acceptors (Lipinski definition) is 4. The van der Waals surface area contributed by atoms with Gasteiger partial charge in [-0.25, -0.2) is 0 Å². The van der Waals surface area contributed by atoms with Crippen molar-refractivity contribution in [2.75, 3.05) is 13.2 Å². The van der Waals surface area contributed by atoms with Crippen LogP contribution in [-0.4, -0.2) is 29.3 Å². The average molecular weight is 247 g/mol. The molecule has 1 N–H and O–H groups in total. The topological polar surface area (TPSA) is 72.6 Å². The molecule has 0 saturated carbocycles. The molecule has 0 aliphatic carbocycles. The zero-order valence-electron chi connectivity index (χ0n) is 9.65. The molecule has 0 aliphatic rings. The molecule has 18 heavy (non-hydrogen) atoms. The van der Waals surface area contributed by atoms with Crippen LogP contribution in [-0.2, 0) is 0 Å². The summed E-state index contributed by atoms with van der Waals surface area (Å²) in [6, 6.07) is 13.3. The van der Waals surface area contributed by atoms with Crippen LogP contribution in [0.15, 0.2) is 42.5 Å². The Kier molecular flexibility index (Phi) is 3.74. The molecule has 0 radical (unpaired) electrons. The number of ether oxygens (including phenoxy) is 1. The first-order chi connectivity index (χ1) is 8.66. The van der Waals surface area contributed by atoms with E-state index in [1.807, 2.05) is 36.4 Å². The molecule has 1 unspecified atom stereocenters. The third-order valence-electron chi connectivity index (χ3n) is 2.54. The maximum Gasteiger partial charge on any atom is 0.232 e. The summed E-state index contributed by atoms with van der Waals surface area (Å²) in [5.41, 5.74) is 0. The van der Waals surface area contributed by atoms with Crippen molar-refractivity contribution in [2.24, 2.45) is 0 Å². The second kappa shape index (κ2) is 5.46. The highest BCUT2D eigenvalue weighted by Crippen LogP contribution is 2.25. The summed E-state index contributed by atoms with van der Waals surface area (Å²) >= 11 is 0. The third-order valence-corrected chi connectivity index (χ3v) is 2.54. The van der Waals surface area contributed by atoms with Crippen molar-refractivity contribution in [1.29, 1.82) is 0 Å². The Hall–Kier alpha value is -2.14. The summed E-state index contributed by atoms with van der Waals surface area (Å²) in [6.45, 7) is -0.597. The minimum Gasteiger partial charge on any atom is -0.490 e. The Morgan fingerprint density at radius 1 is 1.22 bits per heavy atom. The molecule has 2 aromatic rings. The van der Waals surface area contributed by atoms with Crippen LogP contribution in [0.3, 0.4) is 0 Å². The number of nitro groups is 1. The van der Waals surface area contributed by atoms with E-state index in [2.05, 4.69) is 0 Å². The molecule has 0 aromatic heterocycles. The average Bonchev–Trinajstić information content (AvgIpc) is 2.35. The van der Waals surface area contributed by atoms with Crippen LogP contribution < -0.4 is 4.74 Å². The fourth-order valence-electron chi connectivity index (χ4n) is 1.73. The summed E-state index contributed by atoms with van der Waals surface area (Å²) in [5, 5.41) is 21.6. The van der Waals surface area contributed by atoms with Crippen LogP contribution in [0.2, 0.25) is 0 Å². The van der Waals surface area contributed by atoms with E-state index in [4.69, 9.17) is 4.74 Å². The lowest BCUT2D eigenvalue weighted by molar-refractivity contribution is -0.490. The van der Waals surface area contributed by atoms with Crippen LogP contribution in [0.25, 0.3) is 10.8 Å². The zero-order chi connectivity index (χ0) is 13.0. The number of benzene rings is 2. The van der Waals surface area contributed by atoms with Crippen molar-refractivity contribution in [3.8, 4) is 5.75 Å². The normalized spacial score (nSPS) is 12.3. The van der Waals surface area contributed by atoms with Crippen LogP contribution in [0, 0.1) is 10.1 Å². The van der Waals surface area contributed by atoms with E-state index in [1.165, 1.54) is 0 Å². The second-order valence-corrected chi connectivity index (χ2v) is 3.96. The minimum atomic E-state index is -1.10. The Bertz CT molecular complexity index is 550. The van der Waals surface area contributed by atoms with Crippen molar-refractivity contribution < 1.29 is 14.8 Å². The van der Waals surface area contributed by atoms with Gasteiger partial charge in [0.15, 0.2) is 6.10 Å². The van der Waals surface area contributed by atoms with Gasteiger partial charge in [-0.15, -0.1) is 0 Å². The molecule has 1 atom stereocenters. The van der Waals surface area contributed by atoms with Crippen molar-refractivity contribution in [3.05, 3.63) is 52.6 Å². The molecule has 0 fully saturated rings. The predicted molar refractivity (Wildman–Crippen MR) is 67.3 cm³/mol. The van der Waals surface area contributed by atoms with Gasteiger partial charge in [0.2, 0.25) is 6.54 Å². The summed E-state index contributed by atoms with van der Waals surface area (Å²) in [4.78, 5) is 9.67. The van der Waals surface area contributed by atoms with E-state index in [9.17, 15) is 15.2 Å².